The molecule has 0 aliphatic carbocycles. The first-order valence-electron chi connectivity index (χ1n) is 7.02. The third-order valence-electron chi connectivity index (χ3n) is 3.52. The number of aliphatic hydroxyl groups excluding tert-OH is 1. The highest BCUT2D eigenvalue weighted by Crippen LogP contribution is 2.27. The molecule has 110 valence electrons. The average molecular weight is 302 g/mol. The zero-order valence-electron chi connectivity index (χ0n) is 11.6. The minimum absolute atomic E-state index is 0.170. The van der Waals surface area contributed by atoms with Crippen LogP contribution in [0.15, 0.2) is 35.5 Å². The highest BCUT2D eigenvalue weighted by Gasteiger charge is 2.16. The molecule has 3 rings (SSSR count). The third kappa shape index (κ3) is 3.06. The van der Waals surface area contributed by atoms with Gasteiger partial charge in [0.2, 0.25) is 0 Å². The van der Waals surface area contributed by atoms with E-state index in [9.17, 15) is 5.11 Å². The largest absolute Gasteiger partial charge is 0.515 e. The molecule has 1 atom stereocenters. The van der Waals surface area contributed by atoms with Crippen molar-refractivity contribution in [2.45, 2.75) is 18.9 Å². The van der Waals surface area contributed by atoms with Crippen molar-refractivity contribution in [3.05, 3.63) is 35.5 Å². The lowest BCUT2D eigenvalue weighted by Crippen LogP contribution is -2.34. The van der Waals surface area contributed by atoms with E-state index in [-0.39, 0.29) is 6.04 Å². The van der Waals surface area contributed by atoms with E-state index < -0.39 is 0 Å². The van der Waals surface area contributed by atoms with Gasteiger partial charge in [-0.15, -0.1) is 11.3 Å². The summed E-state index contributed by atoms with van der Waals surface area (Å²) in [5.41, 5.74) is 7.48. The number of para-hydroxylation sites is 1. The first-order chi connectivity index (χ1) is 10.3. The number of piperidine rings is 1. The lowest BCUT2D eigenvalue weighted by molar-refractivity contribution is 0.460. The van der Waals surface area contributed by atoms with Crippen molar-refractivity contribution in [2.24, 2.45) is 10.7 Å². The Bertz CT molecular complexity index is 653. The van der Waals surface area contributed by atoms with E-state index in [1.165, 1.54) is 11.3 Å². The molecule has 0 radical (unpaired) electrons. The molecule has 6 heteroatoms. The number of nitrogens with zero attached hydrogens (tertiary/aromatic N) is 2. The van der Waals surface area contributed by atoms with E-state index in [2.05, 4.69) is 15.3 Å². The summed E-state index contributed by atoms with van der Waals surface area (Å²) < 4.78 is 1.07. The van der Waals surface area contributed by atoms with Crippen molar-refractivity contribution in [3.8, 4) is 0 Å². The Labute approximate surface area is 127 Å². The minimum Gasteiger partial charge on any atom is -0.515 e. The van der Waals surface area contributed by atoms with Crippen LogP contribution in [0.1, 0.15) is 17.8 Å². The third-order valence-corrected chi connectivity index (χ3v) is 4.59. The SMILES string of the molecule is NC(=N[C@@H]1CCCNC1)C(=CO)c1nc2ccccc2s1. The van der Waals surface area contributed by atoms with Crippen LogP contribution >= 0.6 is 11.3 Å². The predicted molar refractivity (Wildman–Crippen MR) is 87.7 cm³/mol. The normalized spacial score (nSPS) is 20.9. The Balaban J connectivity index is 1.88. The van der Waals surface area contributed by atoms with Crippen LogP contribution in [0.4, 0.5) is 0 Å². The molecule has 1 fully saturated rings. The number of fused-ring (bicyclic) bond motifs is 1. The molecule has 0 bridgehead atoms. The number of nitrogens with two attached hydrogens (primary N) is 1. The summed E-state index contributed by atoms with van der Waals surface area (Å²) in [5, 5.41) is 13.5. The number of hydrogen-bond acceptors (Lipinski definition) is 5. The number of thiazole rings is 1. The topological polar surface area (TPSA) is 83.5 Å². The van der Waals surface area contributed by atoms with Gasteiger partial charge in [-0.3, -0.25) is 4.99 Å². The lowest BCUT2D eigenvalue weighted by Gasteiger charge is -2.19. The van der Waals surface area contributed by atoms with Gasteiger partial charge in [0.15, 0.2) is 0 Å². The molecule has 21 heavy (non-hydrogen) atoms. The van der Waals surface area contributed by atoms with Crippen LogP contribution in [0.3, 0.4) is 0 Å². The smallest absolute Gasteiger partial charge is 0.132 e. The number of hydrogen-bond donors (Lipinski definition) is 3. The lowest BCUT2D eigenvalue weighted by atomic mass is 10.1. The van der Waals surface area contributed by atoms with Crippen LogP contribution in [-0.2, 0) is 0 Å². The number of aliphatic hydroxyl groups is 1. The van der Waals surface area contributed by atoms with Crippen LogP contribution in [0.5, 0.6) is 0 Å². The number of amidine groups is 1. The second-order valence-corrected chi connectivity index (χ2v) is 6.07. The summed E-state index contributed by atoms with van der Waals surface area (Å²) in [5.74, 6) is 0.352. The highest BCUT2D eigenvalue weighted by molar-refractivity contribution is 7.19. The molecule has 2 aromatic rings. The summed E-state index contributed by atoms with van der Waals surface area (Å²) in [4.78, 5) is 9.04. The first kappa shape index (κ1) is 14.0. The zero-order valence-corrected chi connectivity index (χ0v) is 12.4. The van der Waals surface area contributed by atoms with Crippen LogP contribution in [0.2, 0.25) is 0 Å². The average Bonchev–Trinajstić information content (AvgIpc) is 2.92. The van der Waals surface area contributed by atoms with Gasteiger partial charge in [-0.05, 0) is 31.5 Å². The Morgan fingerprint density at radius 2 is 2.33 bits per heavy atom. The molecule has 2 heterocycles. The fourth-order valence-corrected chi connectivity index (χ4v) is 3.41. The quantitative estimate of drug-likeness (QED) is 0.461. The fourth-order valence-electron chi connectivity index (χ4n) is 2.43. The standard InChI is InChI=1S/C15H18N4OS/c16-14(18-10-4-3-7-17-8-10)11(9-20)15-19-12-5-1-2-6-13(12)21-15/h1-2,5-6,9-10,17,20H,3-4,7-8H2,(H2,16,18)/t10-/m1/s1. The van der Waals surface area contributed by atoms with Gasteiger partial charge in [-0.2, -0.15) is 0 Å². The predicted octanol–water partition coefficient (Wildman–Crippen LogP) is 2.30. The van der Waals surface area contributed by atoms with Gasteiger partial charge in [-0.1, -0.05) is 12.1 Å². The van der Waals surface area contributed by atoms with Crippen molar-refractivity contribution < 1.29 is 5.11 Å². The van der Waals surface area contributed by atoms with Crippen molar-refractivity contribution in [1.82, 2.24) is 10.3 Å². The van der Waals surface area contributed by atoms with Crippen molar-refractivity contribution in [1.29, 1.82) is 0 Å². The van der Waals surface area contributed by atoms with E-state index in [1.54, 1.807) is 0 Å². The van der Waals surface area contributed by atoms with Crippen molar-refractivity contribution in [3.63, 3.8) is 0 Å². The number of benzene rings is 1. The van der Waals surface area contributed by atoms with Crippen molar-refractivity contribution >= 4 is 33.0 Å². The molecule has 0 spiro atoms. The van der Waals surface area contributed by atoms with Gasteiger partial charge in [0.05, 0.1) is 28.1 Å². The number of aliphatic imine (C=N–C) groups is 1. The first-order valence-corrected chi connectivity index (χ1v) is 7.84. The Morgan fingerprint density at radius 1 is 1.48 bits per heavy atom. The van der Waals surface area contributed by atoms with Crippen LogP contribution in [-0.4, -0.2) is 35.1 Å². The highest BCUT2D eigenvalue weighted by atomic mass is 32.1. The van der Waals surface area contributed by atoms with E-state index in [0.29, 0.717) is 16.4 Å². The van der Waals surface area contributed by atoms with E-state index >= 15 is 0 Å². The van der Waals surface area contributed by atoms with E-state index in [0.717, 1.165) is 42.4 Å². The Morgan fingerprint density at radius 3 is 3.05 bits per heavy atom. The van der Waals surface area contributed by atoms with Gasteiger partial charge in [0.25, 0.3) is 0 Å². The molecule has 1 aromatic heterocycles. The molecule has 5 nitrogen and oxygen atoms in total. The zero-order chi connectivity index (χ0) is 14.7. The molecule has 1 saturated heterocycles. The molecule has 0 amide bonds. The van der Waals surface area contributed by atoms with Gasteiger partial charge in [0, 0.05) is 6.54 Å². The molecular formula is C15H18N4OS. The van der Waals surface area contributed by atoms with Gasteiger partial charge in [0.1, 0.15) is 10.8 Å². The van der Waals surface area contributed by atoms with E-state index in [1.807, 2.05) is 24.3 Å². The fraction of sp³-hybridized carbons (Fsp3) is 0.333. The summed E-state index contributed by atoms with van der Waals surface area (Å²) in [6.07, 6.45) is 3.12. The molecular weight excluding hydrogens is 284 g/mol. The molecule has 1 aromatic carbocycles. The van der Waals surface area contributed by atoms with Crippen molar-refractivity contribution in [2.75, 3.05) is 13.1 Å². The van der Waals surface area contributed by atoms with E-state index in [4.69, 9.17) is 5.73 Å². The number of rotatable bonds is 3. The molecule has 0 unspecified atom stereocenters. The molecule has 4 N–H and O–H groups in total. The van der Waals surface area contributed by atoms with Crippen LogP contribution < -0.4 is 11.1 Å². The summed E-state index contributed by atoms with van der Waals surface area (Å²) in [6, 6.07) is 8.03. The molecule has 0 saturated carbocycles. The van der Waals surface area contributed by atoms with Crippen LogP contribution in [0.25, 0.3) is 15.8 Å². The Hall–Kier alpha value is -1.92. The Kier molecular flexibility index (Phi) is 4.17. The van der Waals surface area contributed by atoms with Crippen LogP contribution in [0, 0.1) is 0 Å². The second kappa shape index (κ2) is 6.24. The number of nitrogens with one attached hydrogen (secondary N) is 1. The van der Waals surface area contributed by atoms with Gasteiger partial charge < -0.3 is 16.2 Å². The van der Waals surface area contributed by atoms with Gasteiger partial charge in [-0.25, -0.2) is 4.98 Å². The molecule has 1 aliphatic heterocycles. The minimum atomic E-state index is 0.170. The summed E-state index contributed by atoms with van der Waals surface area (Å²) in [6.45, 7) is 1.87. The maximum Gasteiger partial charge on any atom is 0.132 e. The summed E-state index contributed by atoms with van der Waals surface area (Å²) >= 11 is 1.50. The van der Waals surface area contributed by atoms with Gasteiger partial charge >= 0.3 is 0 Å². The summed E-state index contributed by atoms with van der Waals surface area (Å²) in [7, 11) is 0. The second-order valence-electron chi connectivity index (χ2n) is 5.04. The maximum atomic E-state index is 9.53. The number of aromatic nitrogens is 1. The molecule has 1 aliphatic rings. The maximum absolute atomic E-state index is 9.53. The monoisotopic (exact) mass is 302 g/mol.